The third kappa shape index (κ3) is 2.75. The fourth-order valence-electron chi connectivity index (χ4n) is 2.31. The van der Waals surface area contributed by atoms with Gasteiger partial charge in [-0.05, 0) is 30.0 Å². The van der Waals surface area contributed by atoms with E-state index in [0.717, 1.165) is 30.0 Å². The SMILES string of the molecule is CCC(C)(C)Cn1c(C(C)C)nc2cc(N)ccc21. The van der Waals surface area contributed by atoms with Gasteiger partial charge in [-0.15, -0.1) is 0 Å². The van der Waals surface area contributed by atoms with Gasteiger partial charge in [0, 0.05) is 18.2 Å². The Hall–Kier alpha value is -1.51. The highest BCUT2D eigenvalue weighted by molar-refractivity contribution is 5.79. The molecular formula is C16H25N3. The average molecular weight is 259 g/mol. The van der Waals surface area contributed by atoms with Crippen molar-refractivity contribution in [3.8, 4) is 0 Å². The molecule has 0 radical (unpaired) electrons. The van der Waals surface area contributed by atoms with Crippen LogP contribution in [0.3, 0.4) is 0 Å². The summed E-state index contributed by atoms with van der Waals surface area (Å²) in [7, 11) is 0. The van der Waals surface area contributed by atoms with Crippen LogP contribution in [0, 0.1) is 5.41 Å². The van der Waals surface area contributed by atoms with Crippen LogP contribution in [0.15, 0.2) is 18.2 Å². The summed E-state index contributed by atoms with van der Waals surface area (Å²) in [5.74, 6) is 1.57. The molecule has 0 spiro atoms. The molecule has 0 saturated carbocycles. The predicted molar refractivity (Wildman–Crippen MR) is 82.3 cm³/mol. The van der Waals surface area contributed by atoms with Gasteiger partial charge in [0.1, 0.15) is 5.82 Å². The normalized spacial score (nSPS) is 12.5. The van der Waals surface area contributed by atoms with Gasteiger partial charge in [0.2, 0.25) is 0 Å². The topological polar surface area (TPSA) is 43.8 Å². The molecule has 0 aliphatic rings. The Morgan fingerprint density at radius 2 is 2.00 bits per heavy atom. The van der Waals surface area contributed by atoms with E-state index >= 15 is 0 Å². The summed E-state index contributed by atoms with van der Waals surface area (Å²) in [6.07, 6.45) is 1.15. The predicted octanol–water partition coefficient (Wildman–Crippen LogP) is 4.18. The van der Waals surface area contributed by atoms with Crippen LogP contribution in [0.5, 0.6) is 0 Å². The Balaban J connectivity index is 2.59. The second kappa shape index (κ2) is 4.87. The molecule has 0 unspecified atom stereocenters. The Morgan fingerprint density at radius 3 is 2.58 bits per heavy atom. The molecule has 1 aromatic heterocycles. The second-order valence-corrected chi connectivity index (χ2v) is 6.48. The highest BCUT2D eigenvalue weighted by atomic mass is 15.1. The molecule has 1 heterocycles. The van der Waals surface area contributed by atoms with Crippen molar-refractivity contribution >= 4 is 16.7 Å². The van der Waals surface area contributed by atoms with Gasteiger partial charge in [-0.1, -0.05) is 34.6 Å². The van der Waals surface area contributed by atoms with E-state index < -0.39 is 0 Å². The third-order valence-corrected chi connectivity index (χ3v) is 3.86. The molecule has 1 aromatic carbocycles. The third-order valence-electron chi connectivity index (χ3n) is 3.86. The molecule has 104 valence electrons. The Kier molecular flexibility index (Phi) is 3.57. The average Bonchev–Trinajstić information content (AvgIpc) is 2.67. The number of nitrogens with two attached hydrogens (primary N) is 1. The summed E-state index contributed by atoms with van der Waals surface area (Å²) in [5, 5.41) is 0. The molecule has 3 nitrogen and oxygen atoms in total. The summed E-state index contributed by atoms with van der Waals surface area (Å²) < 4.78 is 2.36. The molecule has 0 amide bonds. The number of rotatable bonds is 4. The number of nitrogens with zero attached hydrogens (tertiary/aromatic N) is 2. The maximum atomic E-state index is 5.86. The minimum atomic E-state index is 0.276. The lowest BCUT2D eigenvalue weighted by Crippen LogP contribution is -2.20. The van der Waals surface area contributed by atoms with E-state index in [1.54, 1.807) is 0 Å². The van der Waals surface area contributed by atoms with E-state index in [4.69, 9.17) is 10.7 Å². The number of imidazole rings is 1. The number of fused-ring (bicyclic) bond motifs is 1. The van der Waals surface area contributed by atoms with Crippen molar-refractivity contribution in [1.82, 2.24) is 9.55 Å². The first-order valence-electron chi connectivity index (χ1n) is 7.09. The van der Waals surface area contributed by atoms with Crippen molar-refractivity contribution in [2.75, 3.05) is 5.73 Å². The van der Waals surface area contributed by atoms with E-state index in [1.165, 1.54) is 5.52 Å². The van der Waals surface area contributed by atoms with Crippen LogP contribution in [-0.4, -0.2) is 9.55 Å². The summed E-state index contributed by atoms with van der Waals surface area (Å²) >= 11 is 0. The molecule has 2 N–H and O–H groups in total. The van der Waals surface area contributed by atoms with Gasteiger partial charge in [0.15, 0.2) is 0 Å². The zero-order valence-corrected chi connectivity index (χ0v) is 12.7. The maximum Gasteiger partial charge on any atom is 0.112 e. The minimum absolute atomic E-state index is 0.276. The summed E-state index contributed by atoms with van der Waals surface area (Å²) in [6, 6.07) is 6.02. The van der Waals surface area contributed by atoms with Gasteiger partial charge >= 0.3 is 0 Å². The molecule has 0 saturated heterocycles. The van der Waals surface area contributed by atoms with Crippen LogP contribution in [0.4, 0.5) is 5.69 Å². The molecule has 2 aromatic rings. The standard InChI is InChI=1S/C16H25N3/c1-6-16(4,5)10-19-14-8-7-12(17)9-13(14)18-15(19)11(2)3/h7-9,11H,6,10,17H2,1-5H3. The number of anilines is 1. The first-order valence-corrected chi connectivity index (χ1v) is 7.09. The highest BCUT2D eigenvalue weighted by Crippen LogP contribution is 2.29. The quantitative estimate of drug-likeness (QED) is 0.837. The molecular weight excluding hydrogens is 234 g/mol. The molecule has 0 aliphatic heterocycles. The Labute approximate surface area is 115 Å². The maximum absolute atomic E-state index is 5.86. The first-order chi connectivity index (χ1) is 8.84. The monoisotopic (exact) mass is 259 g/mol. The van der Waals surface area contributed by atoms with Gasteiger partial charge < -0.3 is 10.3 Å². The first kappa shape index (κ1) is 13.9. The van der Waals surface area contributed by atoms with Gasteiger partial charge in [-0.25, -0.2) is 4.98 Å². The van der Waals surface area contributed by atoms with E-state index in [9.17, 15) is 0 Å². The van der Waals surface area contributed by atoms with Crippen molar-refractivity contribution in [2.24, 2.45) is 5.41 Å². The van der Waals surface area contributed by atoms with Gasteiger partial charge in [0.25, 0.3) is 0 Å². The van der Waals surface area contributed by atoms with Gasteiger partial charge in [-0.2, -0.15) is 0 Å². The fourth-order valence-corrected chi connectivity index (χ4v) is 2.31. The molecule has 3 heteroatoms. The smallest absolute Gasteiger partial charge is 0.112 e. The van der Waals surface area contributed by atoms with Crippen molar-refractivity contribution in [3.63, 3.8) is 0 Å². The van der Waals surface area contributed by atoms with Crippen molar-refractivity contribution in [3.05, 3.63) is 24.0 Å². The lowest BCUT2D eigenvalue weighted by atomic mass is 9.90. The van der Waals surface area contributed by atoms with Crippen LogP contribution in [-0.2, 0) is 6.54 Å². The van der Waals surface area contributed by atoms with Crippen LogP contribution >= 0.6 is 0 Å². The van der Waals surface area contributed by atoms with E-state index in [1.807, 2.05) is 12.1 Å². The van der Waals surface area contributed by atoms with Crippen LogP contribution in [0.25, 0.3) is 11.0 Å². The number of benzene rings is 1. The lowest BCUT2D eigenvalue weighted by molar-refractivity contribution is 0.293. The molecule has 0 atom stereocenters. The lowest BCUT2D eigenvalue weighted by Gasteiger charge is -2.25. The van der Waals surface area contributed by atoms with E-state index in [0.29, 0.717) is 5.92 Å². The number of hydrogen-bond acceptors (Lipinski definition) is 2. The van der Waals surface area contributed by atoms with Crippen molar-refractivity contribution < 1.29 is 0 Å². The molecule has 0 fully saturated rings. The highest BCUT2D eigenvalue weighted by Gasteiger charge is 2.21. The second-order valence-electron chi connectivity index (χ2n) is 6.48. The summed E-state index contributed by atoms with van der Waals surface area (Å²) in [6.45, 7) is 12.2. The zero-order chi connectivity index (χ0) is 14.2. The van der Waals surface area contributed by atoms with Gasteiger partial charge in [0.05, 0.1) is 11.0 Å². The number of aromatic nitrogens is 2. The van der Waals surface area contributed by atoms with Gasteiger partial charge in [-0.3, -0.25) is 0 Å². The van der Waals surface area contributed by atoms with Crippen molar-refractivity contribution in [2.45, 2.75) is 53.5 Å². The molecule has 0 aliphatic carbocycles. The van der Waals surface area contributed by atoms with E-state index in [-0.39, 0.29) is 5.41 Å². The summed E-state index contributed by atoms with van der Waals surface area (Å²) in [4.78, 5) is 4.77. The number of hydrogen-bond donors (Lipinski definition) is 1. The van der Waals surface area contributed by atoms with Crippen molar-refractivity contribution in [1.29, 1.82) is 0 Å². The molecule has 2 rings (SSSR count). The largest absolute Gasteiger partial charge is 0.399 e. The van der Waals surface area contributed by atoms with Crippen LogP contribution in [0.2, 0.25) is 0 Å². The zero-order valence-electron chi connectivity index (χ0n) is 12.7. The number of nitrogen functional groups attached to an aromatic ring is 1. The summed E-state index contributed by atoms with van der Waals surface area (Å²) in [5.41, 5.74) is 9.12. The van der Waals surface area contributed by atoms with Crippen LogP contribution in [0.1, 0.15) is 52.8 Å². The molecule has 19 heavy (non-hydrogen) atoms. The Bertz CT molecular complexity index is 579. The van der Waals surface area contributed by atoms with E-state index in [2.05, 4.69) is 45.3 Å². The fraction of sp³-hybridized carbons (Fsp3) is 0.562. The Morgan fingerprint density at radius 1 is 1.32 bits per heavy atom. The van der Waals surface area contributed by atoms with Crippen LogP contribution < -0.4 is 5.73 Å². The molecule has 0 bridgehead atoms. The minimum Gasteiger partial charge on any atom is -0.399 e.